The summed E-state index contributed by atoms with van der Waals surface area (Å²) in [7, 11) is 0. The molecule has 0 radical (unpaired) electrons. The summed E-state index contributed by atoms with van der Waals surface area (Å²) in [5.41, 5.74) is 1.35. The lowest BCUT2D eigenvalue weighted by Crippen LogP contribution is -2.41. The molecule has 12 heteroatoms. The van der Waals surface area contributed by atoms with E-state index in [1.54, 1.807) is 5.38 Å². The fraction of sp³-hybridized carbons (Fsp3) is 0.346. The van der Waals surface area contributed by atoms with Gasteiger partial charge < -0.3 is 24.8 Å². The highest BCUT2D eigenvalue weighted by atomic mass is 32.1. The highest BCUT2D eigenvalue weighted by Gasteiger charge is 2.31. The Hall–Kier alpha value is -3.64. The van der Waals surface area contributed by atoms with Crippen molar-refractivity contribution in [2.24, 2.45) is 0 Å². The van der Waals surface area contributed by atoms with E-state index in [1.807, 2.05) is 30.3 Å². The first kappa shape index (κ1) is 27.4. The second kappa shape index (κ2) is 12.7. The molecule has 1 saturated carbocycles. The van der Waals surface area contributed by atoms with Crippen LogP contribution in [0.2, 0.25) is 0 Å². The molecule has 0 bridgehead atoms. The molecule has 8 nitrogen and oxygen atoms in total. The zero-order chi connectivity index (χ0) is 27.0. The van der Waals surface area contributed by atoms with Gasteiger partial charge in [0, 0.05) is 5.38 Å². The summed E-state index contributed by atoms with van der Waals surface area (Å²) >= 11 is 1.24. The third-order valence-electron chi connectivity index (χ3n) is 5.72. The van der Waals surface area contributed by atoms with Crippen molar-refractivity contribution in [3.05, 3.63) is 76.2 Å². The molecule has 38 heavy (non-hydrogen) atoms. The molecule has 3 aromatic rings. The zero-order valence-corrected chi connectivity index (χ0v) is 21.0. The van der Waals surface area contributed by atoms with Gasteiger partial charge in [0.2, 0.25) is 0 Å². The highest BCUT2D eigenvalue weighted by Crippen LogP contribution is 2.25. The molecule has 202 valence electrons. The van der Waals surface area contributed by atoms with Gasteiger partial charge in [0.05, 0.1) is 25.3 Å². The number of hydrogen-bond acceptors (Lipinski definition) is 7. The smallest absolute Gasteiger partial charge is 0.484 e. The average molecular weight is 550 g/mol. The number of ether oxygens (including phenoxy) is 3. The van der Waals surface area contributed by atoms with Crippen LogP contribution in [-0.2, 0) is 22.7 Å². The Labute approximate surface area is 221 Å². The van der Waals surface area contributed by atoms with Crippen molar-refractivity contribution in [2.45, 2.75) is 50.9 Å². The monoisotopic (exact) mass is 549 g/mol. The third kappa shape index (κ3) is 8.45. The van der Waals surface area contributed by atoms with E-state index >= 15 is 0 Å². The molecule has 1 heterocycles. The van der Waals surface area contributed by atoms with Gasteiger partial charge >= 0.3 is 6.36 Å². The van der Waals surface area contributed by atoms with Gasteiger partial charge in [-0.3, -0.25) is 9.59 Å². The van der Waals surface area contributed by atoms with Crippen molar-refractivity contribution >= 4 is 23.2 Å². The van der Waals surface area contributed by atoms with Crippen LogP contribution < -0.4 is 20.1 Å². The van der Waals surface area contributed by atoms with Gasteiger partial charge in [-0.2, -0.15) is 0 Å². The zero-order valence-electron chi connectivity index (χ0n) is 20.2. The van der Waals surface area contributed by atoms with E-state index in [0.29, 0.717) is 11.6 Å². The Kier molecular flexibility index (Phi) is 9.19. The molecule has 2 atom stereocenters. The summed E-state index contributed by atoms with van der Waals surface area (Å²) in [6, 6.07) is 14.5. The lowest BCUT2D eigenvalue weighted by Gasteiger charge is -2.21. The van der Waals surface area contributed by atoms with E-state index in [0.717, 1.165) is 37.0 Å². The number of carbonyl (C=O) groups is 2. The normalized spacial score (nSPS) is 17.1. The van der Waals surface area contributed by atoms with Crippen molar-refractivity contribution < 1.29 is 37.0 Å². The van der Waals surface area contributed by atoms with Crippen LogP contribution in [0.15, 0.2) is 60.0 Å². The van der Waals surface area contributed by atoms with Crippen molar-refractivity contribution in [1.82, 2.24) is 15.6 Å². The van der Waals surface area contributed by atoms with E-state index in [-0.39, 0.29) is 48.4 Å². The second-order valence-corrected chi connectivity index (χ2v) is 9.50. The lowest BCUT2D eigenvalue weighted by atomic mass is 10.2. The predicted octanol–water partition coefficient (Wildman–Crippen LogP) is 4.60. The molecule has 2 N–H and O–H groups in total. The lowest BCUT2D eigenvalue weighted by molar-refractivity contribution is -0.274. The molecular weight excluding hydrogens is 523 g/mol. The van der Waals surface area contributed by atoms with Crippen LogP contribution in [0.4, 0.5) is 13.2 Å². The number of alkyl halides is 3. The van der Waals surface area contributed by atoms with E-state index < -0.39 is 12.3 Å². The summed E-state index contributed by atoms with van der Waals surface area (Å²) in [6.07, 6.45) is -2.18. The summed E-state index contributed by atoms with van der Waals surface area (Å²) < 4.78 is 51.8. The van der Waals surface area contributed by atoms with E-state index in [9.17, 15) is 22.8 Å². The number of amides is 2. The minimum absolute atomic E-state index is 0.0649. The molecule has 0 saturated heterocycles. The summed E-state index contributed by atoms with van der Waals surface area (Å²) in [5.74, 6) is -0.923. The van der Waals surface area contributed by atoms with Gasteiger partial charge in [0.1, 0.15) is 22.2 Å². The van der Waals surface area contributed by atoms with Gasteiger partial charge in [0.15, 0.2) is 6.61 Å². The van der Waals surface area contributed by atoms with Crippen LogP contribution in [0, 0.1) is 0 Å². The fourth-order valence-corrected chi connectivity index (χ4v) is 4.63. The minimum atomic E-state index is -4.78. The van der Waals surface area contributed by atoms with Crippen LogP contribution in [-0.4, -0.2) is 41.9 Å². The Morgan fingerprint density at radius 2 is 1.76 bits per heavy atom. The fourth-order valence-electron chi connectivity index (χ4n) is 3.92. The number of aromatic nitrogens is 1. The van der Waals surface area contributed by atoms with E-state index in [1.165, 1.54) is 23.5 Å². The minimum Gasteiger partial charge on any atom is -0.484 e. The SMILES string of the molecule is O=C(COc1ccc(OC(F)(F)F)cc1)NCc1nc(C(=O)N[C@@H]2CCC[C@H]2OCc2ccccc2)cs1. The first-order chi connectivity index (χ1) is 18.2. The number of thiazole rings is 1. The summed E-state index contributed by atoms with van der Waals surface area (Å²) in [6.45, 7) is 0.245. The van der Waals surface area contributed by atoms with Crippen molar-refractivity contribution in [1.29, 1.82) is 0 Å². The molecular formula is C26H26F3N3O5S. The van der Waals surface area contributed by atoms with Crippen LogP contribution in [0.3, 0.4) is 0 Å². The van der Waals surface area contributed by atoms with Crippen LogP contribution in [0.5, 0.6) is 11.5 Å². The topological polar surface area (TPSA) is 98.8 Å². The van der Waals surface area contributed by atoms with Gasteiger partial charge in [-0.1, -0.05) is 30.3 Å². The molecule has 2 amide bonds. The number of nitrogens with one attached hydrogen (secondary N) is 2. The number of halogens is 3. The first-order valence-corrected chi connectivity index (χ1v) is 12.8. The third-order valence-corrected chi connectivity index (χ3v) is 6.57. The second-order valence-electron chi connectivity index (χ2n) is 8.56. The van der Waals surface area contributed by atoms with Crippen LogP contribution in [0.25, 0.3) is 0 Å². The van der Waals surface area contributed by atoms with Crippen LogP contribution >= 0.6 is 11.3 Å². The maximum absolute atomic E-state index is 12.7. The van der Waals surface area contributed by atoms with E-state index in [2.05, 4.69) is 20.4 Å². The molecule has 1 fully saturated rings. The number of hydrogen-bond donors (Lipinski definition) is 2. The number of carbonyl (C=O) groups excluding carboxylic acids is 2. The van der Waals surface area contributed by atoms with Gasteiger partial charge in [-0.05, 0) is 49.1 Å². The Bertz CT molecular complexity index is 1200. The average Bonchev–Trinajstić information content (AvgIpc) is 3.55. The Morgan fingerprint density at radius 3 is 2.50 bits per heavy atom. The first-order valence-electron chi connectivity index (χ1n) is 11.9. The summed E-state index contributed by atoms with van der Waals surface area (Å²) in [4.78, 5) is 29.1. The Balaban J connectivity index is 1.18. The van der Waals surface area contributed by atoms with E-state index in [4.69, 9.17) is 9.47 Å². The molecule has 1 aliphatic carbocycles. The van der Waals surface area contributed by atoms with Crippen molar-refractivity contribution in [2.75, 3.05) is 6.61 Å². The van der Waals surface area contributed by atoms with Gasteiger partial charge in [-0.25, -0.2) is 4.98 Å². The number of nitrogens with zero attached hydrogens (tertiary/aromatic N) is 1. The quantitative estimate of drug-likeness (QED) is 0.363. The van der Waals surface area contributed by atoms with Gasteiger partial charge in [0.25, 0.3) is 11.8 Å². The molecule has 0 aliphatic heterocycles. The molecule has 1 aromatic heterocycles. The standard InChI is InChI=1S/C26H26F3N3O5S/c27-26(28,29)37-19-11-9-18(10-12-19)35-15-23(33)30-13-24-31-21(16-38-24)25(34)32-20-7-4-8-22(20)36-14-17-5-2-1-3-6-17/h1-3,5-6,9-12,16,20,22H,4,7-8,13-15H2,(H,30,33)(H,32,34)/t20-,22-/m1/s1. The summed E-state index contributed by atoms with van der Waals surface area (Å²) in [5, 5.41) is 7.83. The maximum Gasteiger partial charge on any atom is 0.573 e. The van der Waals surface area contributed by atoms with Crippen molar-refractivity contribution in [3.8, 4) is 11.5 Å². The highest BCUT2D eigenvalue weighted by molar-refractivity contribution is 7.09. The largest absolute Gasteiger partial charge is 0.573 e. The van der Waals surface area contributed by atoms with Gasteiger partial charge in [-0.15, -0.1) is 24.5 Å². The predicted molar refractivity (Wildman–Crippen MR) is 133 cm³/mol. The number of benzene rings is 2. The molecule has 0 spiro atoms. The molecule has 1 aliphatic rings. The molecule has 0 unspecified atom stereocenters. The molecule has 4 rings (SSSR count). The van der Waals surface area contributed by atoms with Crippen molar-refractivity contribution in [3.63, 3.8) is 0 Å². The number of rotatable bonds is 11. The Morgan fingerprint density at radius 1 is 1.03 bits per heavy atom. The van der Waals surface area contributed by atoms with Crippen LogP contribution in [0.1, 0.15) is 40.3 Å². The maximum atomic E-state index is 12.7. The molecule has 2 aromatic carbocycles.